The molecule has 0 bridgehead atoms. The van der Waals surface area contributed by atoms with Crippen LogP contribution in [-0.2, 0) is 17.8 Å². The summed E-state index contributed by atoms with van der Waals surface area (Å²) in [6, 6.07) is 5.59. The topological polar surface area (TPSA) is 74.6 Å². The average Bonchev–Trinajstić information content (AvgIpc) is 3.11. The van der Waals surface area contributed by atoms with Gasteiger partial charge in [-0.2, -0.15) is 5.10 Å². The van der Waals surface area contributed by atoms with Crippen LogP contribution in [0.4, 0.5) is 0 Å². The fraction of sp³-hybridized carbons (Fsp3) is 0.444. The lowest BCUT2D eigenvalue weighted by atomic mass is 10.1. The monoisotopic (exact) mass is 347 g/mol. The average molecular weight is 347 g/mol. The molecule has 1 aromatic carbocycles. The molecule has 7 heteroatoms. The third kappa shape index (κ3) is 5.14. The van der Waals surface area contributed by atoms with Crippen LogP contribution in [0, 0.1) is 0 Å². The predicted octanol–water partition coefficient (Wildman–Crippen LogP) is 2.05. The largest absolute Gasteiger partial charge is 0.493 e. The number of ether oxygens (including phenoxy) is 3. The van der Waals surface area contributed by atoms with Crippen LogP contribution < -0.4 is 19.5 Å². The number of aromatic nitrogens is 2. The summed E-state index contributed by atoms with van der Waals surface area (Å²) in [4.78, 5) is 12.2. The maximum atomic E-state index is 12.2. The van der Waals surface area contributed by atoms with E-state index in [0.29, 0.717) is 36.6 Å². The number of methoxy groups -OCH3 is 3. The van der Waals surface area contributed by atoms with Crippen molar-refractivity contribution in [1.82, 2.24) is 15.1 Å². The van der Waals surface area contributed by atoms with E-state index in [9.17, 15) is 4.79 Å². The second kappa shape index (κ2) is 8.96. The summed E-state index contributed by atoms with van der Waals surface area (Å²) in [6.07, 6.45) is 4.55. The number of rotatable bonds is 9. The van der Waals surface area contributed by atoms with Crippen molar-refractivity contribution in [2.75, 3.05) is 21.3 Å². The predicted molar refractivity (Wildman–Crippen MR) is 94.3 cm³/mol. The van der Waals surface area contributed by atoms with Crippen molar-refractivity contribution in [2.24, 2.45) is 0 Å². The van der Waals surface area contributed by atoms with Gasteiger partial charge in [0, 0.05) is 24.9 Å². The van der Waals surface area contributed by atoms with Crippen LogP contribution in [0.3, 0.4) is 0 Å². The van der Waals surface area contributed by atoms with E-state index in [4.69, 9.17) is 14.2 Å². The Morgan fingerprint density at radius 1 is 1.20 bits per heavy atom. The number of hydrogen-bond donors (Lipinski definition) is 1. The quantitative estimate of drug-likeness (QED) is 0.751. The lowest BCUT2D eigenvalue weighted by Crippen LogP contribution is -2.35. The molecule has 0 saturated carbocycles. The molecule has 1 unspecified atom stereocenters. The van der Waals surface area contributed by atoms with Crippen LogP contribution in [0.25, 0.3) is 0 Å². The van der Waals surface area contributed by atoms with Gasteiger partial charge in [0.15, 0.2) is 11.5 Å². The van der Waals surface area contributed by atoms with Crippen molar-refractivity contribution in [1.29, 1.82) is 0 Å². The lowest BCUT2D eigenvalue weighted by Gasteiger charge is -2.15. The summed E-state index contributed by atoms with van der Waals surface area (Å²) < 4.78 is 17.8. The van der Waals surface area contributed by atoms with Crippen LogP contribution >= 0.6 is 0 Å². The Balaban J connectivity index is 1.92. The standard InChI is InChI=1S/C18H25N3O4/c1-13(12-21-9-5-8-19-21)20-17(22)7-6-14-10-15(23-2)18(25-4)16(11-14)24-3/h5,8-11,13H,6-7,12H2,1-4H3,(H,20,22). The molecule has 0 aliphatic rings. The molecule has 1 atom stereocenters. The minimum atomic E-state index is -0.00610. The molecule has 2 aromatic rings. The van der Waals surface area contributed by atoms with Gasteiger partial charge in [-0.3, -0.25) is 9.48 Å². The van der Waals surface area contributed by atoms with Gasteiger partial charge in [-0.05, 0) is 37.1 Å². The van der Waals surface area contributed by atoms with Gasteiger partial charge in [0.05, 0.1) is 27.9 Å². The fourth-order valence-corrected chi connectivity index (χ4v) is 2.62. The molecule has 0 radical (unpaired) electrons. The molecule has 7 nitrogen and oxygen atoms in total. The fourth-order valence-electron chi connectivity index (χ4n) is 2.62. The first-order valence-electron chi connectivity index (χ1n) is 8.13. The molecular weight excluding hydrogens is 322 g/mol. The van der Waals surface area contributed by atoms with E-state index in [1.807, 2.05) is 31.3 Å². The van der Waals surface area contributed by atoms with Crippen molar-refractivity contribution in [3.8, 4) is 17.2 Å². The number of nitrogens with one attached hydrogen (secondary N) is 1. The molecule has 2 rings (SSSR count). The SMILES string of the molecule is COc1cc(CCC(=O)NC(C)Cn2cccn2)cc(OC)c1OC. The van der Waals surface area contributed by atoms with Crippen molar-refractivity contribution >= 4 is 5.91 Å². The molecule has 0 aliphatic heterocycles. The van der Waals surface area contributed by atoms with Gasteiger partial charge in [-0.25, -0.2) is 0 Å². The van der Waals surface area contributed by atoms with Gasteiger partial charge < -0.3 is 19.5 Å². The third-order valence-electron chi connectivity index (χ3n) is 3.79. The van der Waals surface area contributed by atoms with E-state index in [0.717, 1.165) is 5.56 Å². The summed E-state index contributed by atoms with van der Waals surface area (Å²) in [6.45, 7) is 2.60. The minimum Gasteiger partial charge on any atom is -0.493 e. The highest BCUT2D eigenvalue weighted by atomic mass is 16.5. The zero-order valence-corrected chi connectivity index (χ0v) is 15.1. The summed E-state index contributed by atoms with van der Waals surface area (Å²) in [5, 5.41) is 7.12. The molecule has 0 spiro atoms. The second-order valence-corrected chi connectivity index (χ2v) is 5.73. The van der Waals surface area contributed by atoms with Gasteiger partial charge in [0.2, 0.25) is 11.7 Å². The molecule has 0 saturated heterocycles. The highest BCUT2D eigenvalue weighted by Crippen LogP contribution is 2.38. The number of amides is 1. The Hall–Kier alpha value is -2.70. The smallest absolute Gasteiger partial charge is 0.220 e. The Kier molecular flexibility index (Phi) is 6.68. The number of carbonyl (C=O) groups excluding carboxylic acids is 1. The summed E-state index contributed by atoms with van der Waals surface area (Å²) >= 11 is 0. The maximum Gasteiger partial charge on any atom is 0.220 e. The summed E-state index contributed by atoms with van der Waals surface area (Å²) in [5.41, 5.74) is 0.948. The van der Waals surface area contributed by atoms with E-state index < -0.39 is 0 Å². The van der Waals surface area contributed by atoms with Gasteiger partial charge in [-0.1, -0.05) is 0 Å². The number of benzene rings is 1. The lowest BCUT2D eigenvalue weighted by molar-refractivity contribution is -0.121. The van der Waals surface area contributed by atoms with E-state index in [1.54, 1.807) is 32.2 Å². The second-order valence-electron chi connectivity index (χ2n) is 5.73. The molecule has 1 aromatic heterocycles. The number of hydrogen-bond acceptors (Lipinski definition) is 5. The van der Waals surface area contributed by atoms with E-state index >= 15 is 0 Å². The molecule has 1 heterocycles. The molecule has 1 amide bonds. The summed E-state index contributed by atoms with van der Waals surface area (Å²) in [5.74, 6) is 1.72. The summed E-state index contributed by atoms with van der Waals surface area (Å²) in [7, 11) is 4.71. The molecule has 136 valence electrons. The van der Waals surface area contributed by atoms with Gasteiger partial charge in [-0.15, -0.1) is 0 Å². The van der Waals surface area contributed by atoms with Crippen molar-refractivity contribution in [3.63, 3.8) is 0 Å². The first-order chi connectivity index (χ1) is 12.1. The molecular formula is C18H25N3O4. The van der Waals surface area contributed by atoms with E-state index in [2.05, 4.69) is 10.4 Å². The third-order valence-corrected chi connectivity index (χ3v) is 3.79. The van der Waals surface area contributed by atoms with Crippen molar-refractivity contribution in [3.05, 3.63) is 36.2 Å². The van der Waals surface area contributed by atoms with Crippen LogP contribution in [0.2, 0.25) is 0 Å². The highest BCUT2D eigenvalue weighted by molar-refractivity contribution is 5.76. The van der Waals surface area contributed by atoms with E-state index in [1.165, 1.54) is 0 Å². The van der Waals surface area contributed by atoms with Crippen molar-refractivity contribution in [2.45, 2.75) is 32.4 Å². The number of carbonyl (C=O) groups is 1. The number of aryl methyl sites for hydroxylation is 1. The molecule has 0 fully saturated rings. The van der Waals surface area contributed by atoms with E-state index in [-0.39, 0.29) is 11.9 Å². The normalized spacial score (nSPS) is 11.7. The molecule has 0 aliphatic carbocycles. The molecule has 1 N–H and O–H groups in total. The van der Waals surface area contributed by atoms with Gasteiger partial charge >= 0.3 is 0 Å². The Bertz CT molecular complexity index is 661. The minimum absolute atomic E-state index is 0.00610. The Labute approximate surface area is 147 Å². The van der Waals surface area contributed by atoms with Gasteiger partial charge in [0.25, 0.3) is 0 Å². The Morgan fingerprint density at radius 3 is 2.40 bits per heavy atom. The number of nitrogens with zero attached hydrogens (tertiary/aromatic N) is 2. The maximum absolute atomic E-state index is 12.2. The first kappa shape index (κ1) is 18.6. The van der Waals surface area contributed by atoms with Crippen LogP contribution in [0.5, 0.6) is 17.2 Å². The van der Waals surface area contributed by atoms with Crippen LogP contribution in [0.1, 0.15) is 18.9 Å². The zero-order chi connectivity index (χ0) is 18.2. The van der Waals surface area contributed by atoms with Crippen LogP contribution in [0.15, 0.2) is 30.6 Å². The van der Waals surface area contributed by atoms with Crippen LogP contribution in [-0.4, -0.2) is 43.1 Å². The Morgan fingerprint density at radius 2 is 1.88 bits per heavy atom. The zero-order valence-electron chi connectivity index (χ0n) is 15.1. The first-order valence-corrected chi connectivity index (χ1v) is 8.13. The highest BCUT2D eigenvalue weighted by Gasteiger charge is 2.14. The molecule has 25 heavy (non-hydrogen) atoms. The van der Waals surface area contributed by atoms with Crippen molar-refractivity contribution < 1.29 is 19.0 Å². The van der Waals surface area contributed by atoms with Gasteiger partial charge in [0.1, 0.15) is 0 Å².